The van der Waals surface area contributed by atoms with E-state index >= 15 is 0 Å². The van der Waals surface area contributed by atoms with E-state index in [1.807, 2.05) is 0 Å². The fourth-order valence-electron chi connectivity index (χ4n) is 2.80. The van der Waals surface area contributed by atoms with Gasteiger partial charge in [0.25, 0.3) is 0 Å². The first-order chi connectivity index (χ1) is 9.29. The van der Waals surface area contributed by atoms with Gasteiger partial charge in [-0.1, -0.05) is 13.8 Å². The van der Waals surface area contributed by atoms with Crippen LogP contribution in [0.2, 0.25) is 0 Å². The van der Waals surface area contributed by atoms with Gasteiger partial charge in [-0.2, -0.15) is 5.26 Å². The minimum absolute atomic E-state index is 0.0284. The summed E-state index contributed by atoms with van der Waals surface area (Å²) in [4.78, 5) is 0. The van der Waals surface area contributed by atoms with Crippen LogP contribution in [0.5, 0.6) is 0 Å². The van der Waals surface area contributed by atoms with Gasteiger partial charge in [0.15, 0.2) is 0 Å². The molecule has 0 heterocycles. The highest BCUT2D eigenvalue weighted by Crippen LogP contribution is 2.47. The van der Waals surface area contributed by atoms with E-state index in [-0.39, 0.29) is 21.9 Å². The van der Waals surface area contributed by atoms with Crippen molar-refractivity contribution in [2.75, 3.05) is 0 Å². The molecule has 0 unspecified atom stereocenters. The van der Waals surface area contributed by atoms with Gasteiger partial charge >= 0.3 is 0 Å². The Hall–Kier alpha value is -0.950. The Balaban J connectivity index is 2.29. The van der Waals surface area contributed by atoms with Gasteiger partial charge < -0.3 is 0 Å². The molecule has 0 bridgehead atoms. The van der Waals surface area contributed by atoms with Crippen LogP contribution < -0.4 is 0 Å². The smallest absolute Gasteiger partial charge is 0.143 e. The van der Waals surface area contributed by atoms with Crippen molar-refractivity contribution in [1.29, 1.82) is 5.26 Å². The van der Waals surface area contributed by atoms with Crippen LogP contribution in [-0.2, 0) is 6.42 Å². The number of nitriles is 1. The summed E-state index contributed by atoms with van der Waals surface area (Å²) in [6, 6.07) is 4.94. The van der Waals surface area contributed by atoms with Gasteiger partial charge in [-0.05, 0) is 65.6 Å². The molecule has 1 saturated carbocycles. The van der Waals surface area contributed by atoms with Crippen molar-refractivity contribution in [3.63, 3.8) is 0 Å². The number of benzene rings is 1. The van der Waals surface area contributed by atoms with Gasteiger partial charge in [0, 0.05) is 5.56 Å². The third kappa shape index (κ3) is 3.03. The van der Waals surface area contributed by atoms with E-state index in [4.69, 9.17) is 0 Å². The second-order valence-electron chi connectivity index (χ2n) is 6.55. The summed E-state index contributed by atoms with van der Waals surface area (Å²) in [7, 11) is 0. The number of hydrogen-bond acceptors (Lipinski definition) is 1. The van der Waals surface area contributed by atoms with E-state index in [0.717, 1.165) is 12.8 Å². The molecule has 0 atom stereocenters. The predicted molar refractivity (Wildman–Crippen MR) is 78.1 cm³/mol. The molecule has 1 nitrogen and oxygen atoms in total. The highest BCUT2D eigenvalue weighted by Gasteiger charge is 2.39. The van der Waals surface area contributed by atoms with Crippen LogP contribution >= 0.6 is 15.9 Å². The zero-order valence-electron chi connectivity index (χ0n) is 11.8. The lowest BCUT2D eigenvalue weighted by Crippen LogP contribution is -2.32. The maximum Gasteiger partial charge on any atom is 0.143 e. The number of nitrogens with zero attached hydrogens (tertiary/aromatic N) is 1. The molecule has 2 rings (SSSR count). The Labute approximate surface area is 127 Å². The molecule has 1 aromatic rings. The molecular formula is C16H18BrF2N. The average Bonchev–Trinajstić information content (AvgIpc) is 2.42. The second kappa shape index (κ2) is 5.44. The van der Waals surface area contributed by atoms with Gasteiger partial charge in [0.05, 0.1) is 16.0 Å². The lowest BCUT2D eigenvalue weighted by atomic mass is 9.63. The molecule has 1 aromatic carbocycles. The molecule has 0 spiro atoms. The molecular weight excluding hydrogens is 324 g/mol. The number of rotatable bonds is 2. The quantitative estimate of drug-likeness (QED) is 0.662. The molecule has 0 amide bonds. The normalized spacial score (nSPS) is 20.4. The molecule has 1 aliphatic rings. The van der Waals surface area contributed by atoms with Gasteiger partial charge in [0.1, 0.15) is 11.6 Å². The van der Waals surface area contributed by atoms with Crippen LogP contribution in [0.25, 0.3) is 0 Å². The van der Waals surface area contributed by atoms with Crippen LogP contribution in [0.1, 0.15) is 45.1 Å². The second-order valence-corrected chi connectivity index (χ2v) is 7.41. The van der Waals surface area contributed by atoms with Crippen molar-refractivity contribution < 1.29 is 8.78 Å². The van der Waals surface area contributed by atoms with Crippen molar-refractivity contribution in [2.45, 2.75) is 46.0 Å². The highest BCUT2D eigenvalue weighted by atomic mass is 79.9. The number of hydrogen-bond donors (Lipinski definition) is 0. The first-order valence-corrected chi connectivity index (χ1v) is 7.62. The Bertz CT molecular complexity index is 550. The maximum absolute atomic E-state index is 14.1. The van der Waals surface area contributed by atoms with E-state index in [1.54, 1.807) is 0 Å². The van der Waals surface area contributed by atoms with Gasteiger partial charge in [0.2, 0.25) is 0 Å². The molecule has 4 heteroatoms. The molecule has 1 aliphatic carbocycles. The Morgan fingerprint density at radius 2 is 1.80 bits per heavy atom. The van der Waals surface area contributed by atoms with Crippen LogP contribution in [0.3, 0.4) is 0 Å². The van der Waals surface area contributed by atoms with E-state index in [2.05, 4.69) is 35.8 Å². The fourth-order valence-corrected chi connectivity index (χ4v) is 3.17. The largest absolute Gasteiger partial charge is 0.207 e. The predicted octanol–water partition coefficient (Wildman–Crippen LogP) is 5.38. The third-order valence-corrected chi connectivity index (χ3v) is 5.06. The first kappa shape index (κ1) is 15.4. The summed E-state index contributed by atoms with van der Waals surface area (Å²) in [6.45, 7) is 4.35. The summed E-state index contributed by atoms with van der Waals surface area (Å²) < 4.78 is 28.2. The SMILES string of the molecule is CC1(C)CCC(C#N)(Cc2c(F)ccc(Br)c2F)CC1. The van der Waals surface area contributed by atoms with Gasteiger partial charge in [-0.15, -0.1) is 0 Å². The van der Waals surface area contributed by atoms with Crippen molar-refractivity contribution in [3.8, 4) is 6.07 Å². The molecule has 1 fully saturated rings. The van der Waals surface area contributed by atoms with Crippen molar-refractivity contribution in [3.05, 3.63) is 33.8 Å². The average molecular weight is 342 g/mol. The maximum atomic E-state index is 14.1. The van der Waals surface area contributed by atoms with E-state index in [9.17, 15) is 14.0 Å². The van der Waals surface area contributed by atoms with Gasteiger partial charge in [-0.3, -0.25) is 0 Å². The zero-order valence-corrected chi connectivity index (χ0v) is 13.4. The Morgan fingerprint density at radius 1 is 1.20 bits per heavy atom. The number of halogens is 3. The van der Waals surface area contributed by atoms with Crippen molar-refractivity contribution in [2.24, 2.45) is 10.8 Å². The molecule has 0 aromatic heterocycles. The lowest BCUT2D eigenvalue weighted by molar-refractivity contribution is 0.144. The third-order valence-electron chi connectivity index (χ3n) is 4.45. The monoisotopic (exact) mass is 341 g/mol. The topological polar surface area (TPSA) is 23.8 Å². The van der Waals surface area contributed by atoms with Crippen LogP contribution in [0.15, 0.2) is 16.6 Å². The van der Waals surface area contributed by atoms with E-state index in [0.29, 0.717) is 12.8 Å². The molecule has 20 heavy (non-hydrogen) atoms. The van der Waals surface area contributed by atoms with Gasteiger partial charge in [-0.25, -0.2) is 8.78 Å². The summed E-state index contributed by atoms with van der Waals surface area (Å²) in [6.07, 6.45) is 3.37. The van der Waals surface area contributed by atoms with Crippen molar-refractivity contribution in [1.82, 2.24) is 0 Å². The minimum atomic E-state index is -0.641. The summed E-state index contributed by atoms with van der Waals surface area (Å²) in [5.74, 6) is -1.14. The van der Waals surface area contributed by atoms with Crippen LogP contribution in [0.4, 0.5) is 8.78 Å². The van der Waals surface area contributed by atoms with E-state index in [1.165, 1.54) is 12.1 Å². The lowest BCUT2D eigenvalue weighted by Gasteiger charge is -2.39. The summed E-state index contributed by atoms with van der Waals surface area (Å²) >= 11 is 3.08. The molecule has 108 valence electrons. The van der Waals surface area contributed by atoms with Crippen molar-refractivity contribution >= 4 is 15.9 Å². The Kier molecular flexibility index (Phi) is 4.20. The molecule has 0 aliphatic heterocycles. The first-order valence-electron chi connectivity index (χ1n) is 6.82. The van der Waals surface area contributed by atoms with Crippen LogP contribution in [0, 0.1) is 33.8 Å². The highest BCUT2D eigenvalue weighted by molar-refractivity contribution is 9.10. The summed E-state index contributed by atoms with van der Waals surface area (Å²) in [5, 5.41) is 9.52. The fraction of sp³-hybridized carbons (Fsp3) is 0.562. The summed E-state index contributed by atoms with van der Waals surface area (Å²) in [5.41, 5.74) is -0.396. The standard InChI is InChI=1S/C16H18BrF2N/c1-15(2)5-7-16(10-20,8-6-15)9-11-13(18)4-3-12(17)14(11)19/h3-4H,5-9H2,1-2H3. The van der Waals surface area contributed by atoms with E-state index < -0.39 is 17.0 Å². The molecule has 0 saturated heterocycles. The zero-order chi connectivity index (χ0) is 15.0. The molecule has 0 N–H and O–H groups in total. The Morgan fingerprint density at radius 3 is 2.35 bits per heavy atom. The minimum Gasteiger partial charge on any atom is -0.207 e. The van der Waals surface area contributed by atoms with Crippen LogP contribution in [-0.4, -0.2) is 0 Å². The molecule has 0 radical (unpaired) electrons.